The van der Waals surface area contributed by atoms with Gasteiger partial charge in [-0.25, -0.2) is 0 Å². The second kappa shape index (κ2) is 13.3. The molecule has 1 aromatic carbocycles. The van der Waals surface area contributed by atoms with Crippen molar-refractivity contribution in [3.05, 3.63) is 51.2 Å². The summed E-state index contributed by atoms with van der Waals surface area (Å²) in [6.45, 7) is 3.67. The van der Waals surface area contributed by atoms with Crippen LogP contribution >= 0.6 is 46.9 Å². The fraction of sp³-hybridized carbons (Fsp3) is 0.450. The van der Waals surface area contributed by atoms with E-state index in [0.717, 1.165) is 22.7 Å². The maximum atomic E-state index is 10.3. The standard InChI is InChI=1S/C20H29ClN4O2S.HI/c1-5-22-20(24-13-17(26)18-9-10-19(21)28-18)23-12-16(25(2)3)14-7-6-8-15(11-14)27-4;/h6-11,16-17,26H,5,12-13H2,1-4H3,(H2,22,23,24);1H. The Kier molecular flexibility index (Phi) is 11.9. The number of benzene rings is 1. The normalized spacial score (nSPS) is 13.6. The fourth-order valence-electron chi connectivity index (χ4n) is 2.74. The minimum atomic E-state index is -0.635. The van der Waals surface area contributed by atoms with Gasteiger partial charge in [-0.1, -0.05) is 23.7 Å². The van der Waals surface area contributed by atoms with Crippen LogP contribution in [0.15, 0.2) is 41.4 Å². The van der Waals surface area contributed by atoms with Crippen molar-refractivity contribution < 1.29 is 9.84 Å². The van der Waals surface area contributed by atoms with E-state index in [1.165, 1.54) is 11.3 Å². The van der Waals surface area contributed by atoms with E-state index >= 15 is 0 Å². The maximum Gasteiger partial charge on any atom is 0.191 e. The van der Waals surface area contributed by atoms with Gasteiger partial charge >= 0.3 is 0 Å². The molecule has 0 radical (unpaired) electrons. The highest BCUT2D eigenvalue weighted by molar-refractivity contribution is 14.0. The zero-order valence-corrected chi connectivity index (χ0v) is 21.1. The Morgan fingerprint density at radius 3 is 2.62 bits per heavy atom. The number of rotatable bonds is 9. The summed E-state index contributed by atoms with van der Waals surface area (Å²) in [5.74, 6) is 1.50. The van der Waals surface area contributed by atoms with Crippen molar-refractivity contribution in [3.8, 4) is 5.75 Å². The molecule has 0 spiro atoms. The van der Waals surface area contributed by atoms with Crippen LogP contribution in [0.25, 0.3) is 0 Å². The van der Waals surface area contributed by atoms with Gasteiger partial charge in [-0.2, -0.15) is 0 Å². The van der Waals surface area contributed by atoms with Gasteiger partial charge in [0.15, 0.2) is 5.96 Å². The van der Waals surface area contributed by atoms with Crippen molar-refractivity contribution in [2.45, 2.75) is 19.1 Å². The minimum absolute atomic E-state index is 0. The van der Waals surface area contributed by atoms with Crippen molar-refractivity contribution in [2.24, 2.45) is 4.99 Å². The minimum Gasteiger partial charge on any atom is -0.497 e. The maximum absolute atomic E-state index is 10.3. The number of nitrogens with one attached hydrogen (secondary N) is 2. The molecular weight excluding hydrogens is 523 g/mol. The number of nitrogens with zero attached hydrogens (tertiary/aromatic N) is 2. The molecule has 162 valence electrons. The molecule has 2 atom stereocenters. The number of aliphatic hydroxyl groups is 1. The van der Waals surface area contributed by atoms with Gasteiger partial charge in [-0.15, -0.1) is 35.3 Å². The van der Waals surface area contributed by atoms with Gasteiger partial charge in [0.25, 0.3) is 0 Å². The molecule has 1 aromatic heterocycles. The van der Waals surface area contributed by atoms with Crippen LogP contribution in [0.4, 0.5) is 0 Å². The highest BCUT2D eigenvalue weighted by Crippen LogP contribution is 2.26. The Bertz CT molecular complexity index is 772. The van der Waals surface area contributed by atoms with Crippen LogP contribution in [0.1, 0.15) is 29.5 Å². The number of halogens is 2. The Morgan fingerprint density at radius 2 is 2.03 bits per heavy atom. The molecule has 0 aliphatic rings. The van der Waals surface area contributed by atoms with E-state index in [-0.39, 0.29) is 30.0 Å². The summed E-state index contributed by atoms with van der Waals surface area (Å²) in [7, 11) is 5.73. The number of aliphatic imine (C=N–C) groups is 1. The zero-order chi connectivity index (χ0) is 20.5. The van der Waals surface area contributed by atoms with Gasteiger partial charge in [0.1, 0.15) is 11.9 Å². The molecule has 2 unspecified atom stereocenters. The van der Waals surface area contributed by atoms with Gasteiger partial charge in [0.05, 0.1) is 24.0 Å². The first-order valence-electron chi connectivity index (χ1n) is 9.20. The second-order valence-electron chi connectivity index (χ2n) is 6.51. The molecule has 3 N–H and O–H groups in total. The molecule has 6 nitrogen and oxygen atoms in total. The predicted octanol–water partition coefficient (Wildman–Crippen LogP) is 3.92. The summed E-state index contributed by atoms with van der Waals surface area (Å²) in [5.41, 5.74) is 1.14. The third kappa shape index (κ3) is 8.29. The van der Waals surface area contributed by atoms with Crippen LogP contribution in [0.2, 0.25) is 4.34 Å². The summed E-state index contributed by atoms with van der Waals surface area (Å²) in [6.07, 6.45) is -0.635. The van der Waals surface area contributed by atoms with Crippen molar-refractivity contribution >= 4 is 52.9 Å². The number of hydrogen-bond donors (Lipinski definition) is 3. The van der Waals surface area contributed by atoms with Gasteiger partial charge in [0, 0.05) is 18.0 Å². The van der Waals surface area contributed by atoms with Gasteiger partial charge < -0.3 is 25.4 Å². The molecule has 0 aliphatic carbocycles. The molecule has 0 bridgehead atoms. The third-order valence-corrected chi connectivity index (χ3v) is 5.59. The number of likely N-dealkylation sites (N-methyl/N-ethyl adjacent to an activating group) is 1. The predicted molar refractivity (Wildman–Crippen MR) is 133 cm³/mol. The smallest absolute Gasteiger partial charge is 0.191 e. The third-order valence-electron chi connectivity index (χ3n) is 4.25. The molecule has 0 fully saturated rings. The van der Waals surface area contributed by atoms with Crippen LogP contribution in [-0.2, 0) is 0 Å². The van der Waals surface area contributed by atoms with E-state index in [1.807, 2.05) is 45.3 Å². The van der Waals surface area contributed by atoms with Crippen molar-refractivity contribution in [1.29, 1.82) is 0 Å². The molecule has 2 aromatic rings. The highest BCUT2D eigenvalue weighted by Gasteiger charge is 2.16. The van der Waals surface area contributed by atoms with E-state index in [9.17, 15) is 5.11 Å². The van der Waals surface area contributed by atoms with Crippen LogP contribution in [-0.4, -0.2) is 56.8 Å². The topological polar surface area (TPSA) is 69.1 Å². The Labute approximate surface area is 199 Å². The van der Waals surface area contributed by atoms with Crippen LogP contribution in [0.3, 0.4) is 0 Å². The van der Waals surface area contributed by atoms with Crippen LogP contribution in [0, 0.1) is 0 Å². The average Bonchev–Trinajstić information content (AvgIpc) is 3.12. The highest BCUT2D eigenvalue weighted by atomic mass is 127. The lowest BCUT2D eigenvalue weighted by Gasteiger charge is -2.24. The van der Waals surface area contributed by atoms with Gasteiger partial charge in [-0.05, 0) is 50.8 Å². The summed E-state index contributed by atoms with van der Waals surface area (Å²) >= 11 is 7.33. The molecule has 0 saturated heterocycles. The number of aliphatic hydroxyl groups excluding tert-OH is 1. The monoisotopic (exact) mass is 552 g/mol. The molecule has 29 heavy (non-hydrogen) atoms. The summed E-state index contributed by atoms with van der Waals surface area (Å²) in [6, 6.07) is 11.8. The molecule has 2 rings (SSSR count). The average molecular weight is 553 g/mol. The van der Waals surface area contributed by atoms with Crippen molar-refractivity contribution in [1.82, 2.24) is 15.5 Å². The van der Waals surface area contributed by atoms with E-state index in [0.29, 0.717) is 23.4 Å². The summed E-state index contributed by atoms with van der Waals surface area (Å²) < 4.78 is 6.01. The lowest BCUT2D eigenvalue weighted by Crippen LogP contribution is -2.40. The van der Waals surface area contributed by atoms with E-state index < -0.39 is 6.10 Å². The lowest BCUT2D eigenvalue weighted by atomic mass is 10.1. The molecular formula is C20H30ClIN4O2S. The Morgan fingerprint density at radius 1 is 1.28 bits per heavy atom. The second-order valence-corrected chi connectivity index (χ2v) is 8.26. The Hall–Kier alpha value is -1.07. The Balaban J connectivity index is 0.00000420. The van der Waals surface area contributed by atoms with Gasteiger partial charge in [0.2, 0.25) is 0 Å². The van der Waals surface area contributed by atoms with E-state index in [1.54, 1.807) is 13.2 Å². The van der Waals surface area contributed by atoms with Gasteiger partial charge in [-0.3, -0.25) is 4.99 Å². The fourth-order valence-corrected chi connectivity index (χ4v) is 3.78. The number of methoxy groups -OCH3 is 1. The molecule has 0 aliphatic heterocycles. The number of guanidine groups is 1. The first kappa shape index (κ1) is 26.0. The SMILES string of the molecule is CCNC(=NCC(c1cccc(OC)c1)N(C)C)NCC(O)c1ccc(Cl)s1.I. The number of ether oxygens (including phenoxy) is 1. The van der Waals surface area contributed by atoms with Crippen LogP contribution < -0.4 is 15.4 Å². The van der Waals surface area contributed by atoms with Crippen molar-refractivity contribution in [2.75, 3.05) is 40.8 Å². The summed E-state index contributed by atoms with van der Waals surface area (Å²) in [4.78, 5) is 7.67. The molecule has 0 saturated carbocycles. The number of thiophene rings is 1. The molecule has 1 heterocycles. The van der Waals surface area contributed by atoms with E-state index in [2.05, 4.69) is 21.6 Å². The largest absolute Gasteiger partial charge is 0.497 e. The van der Waals surface area contributed by atoms with Crippen molar-refractivity contribution in [3.63, 3.8) is 0 Å². The number of hydrogen-bond acceptors (Lipinski definition) is 5. The molecule has 9 heteroatoms. The first-order valence-corrected chi connectivity index (χ1v) is 10.4. The zero-order valence-electron chi connectivity index (χ0n) is 17.2. The summed E-state index contributed by atoms with van der Waals surface area (Å²) in [5, 5.41) is 16.8. The molecule has 0 amide bonds. The van der Waals surface area contributed by atoms with E-state index in [4.69, 9.17) is 21.3 Å². The van der Waals surface area contributed by atoms with Crippen LogP contribution in [0.5, 0.6) is 5.75 Å². The quantitative estimate of drug-likeness (QED) is 0.250. The lowest BCUT2D eigenvalue weighted by molar-refractivity contribution is 0.184. The first-order chi connectivity index (χ1) is 13.4.